The van der Waals surface area contributed by atoms with Crippen molar-refractivity contribution in [3.05, 3.63) is 59.7 Å². The van der Waals surface area contributed by atoms with Crippen LogP contribution in [0.4, 0.5) is 5.82 Å². The fourth-order valence-electron chi connectivity index (χ4n) is 3.59. The second-order valence-corrected chi connectivity index (χ2v) is 8.01. The third kappa shape index (κ3) is 4.23. The molecule has 0 aliphatic carbocycles. The second kappa shape index (κ2) is 9.26. The summed E-state index contributed by atoms with van der Waals surface area (Å²) in [7, 11) is 1.65. The van der Waals surface area contributed by atoms with Gasteiger partial charge in [0.25, 0.3) is 0 Å². The number of carbonyl (C=O) groups excluding carboxylic acids is 1. The van der Waals surface area contributed by atoms with E-state index in [-0.39, 0.29) is 11.5 Å². The summed E-state index contributed by atoms with van der Waals surface area (Å²) in [4.78, 5) is 22.5. The maximum Gasteiger partial charge on any atom is 0.344 e. The lowest BCUT2D eigenvalue weighted by atomic mass is 10.1. The molecular formula is C25H28N4O3. The van der Waals surface area contributed by atoms with Crippen molar-refractivity contribution in [2.45, 2.75) is 33.2 Å². The van der Waals surface area contributed by atoms with Gasteiger partial charge in [-0.25, -0.2) is 14.8 Å². The van der Waals surface area contributed by atoms with E-state index in [1.54, 1.807) is 7.11 Å². The molecule has 7 nitrogen and oxygen atoms in total. The van der Waals surface area contributed by atoms with Crippen LogP contribution in [0.15, 0.2) is 48.5 Å². The summed E-state index contributed by atoms with van der Waals surface area (Å²) in [5.41, 5.74) is 10.4. The molecule has 0 aliphatic heterocycles. The van der Waals surface area contributed by atoms with Gasteiger partial charge < -0.3 is 19.8 Å². The Morgan fingerprint density at radius 2 is 1.78 bits per heavy atom. The average Bonchev–Trinajstić information content (AvgIpc) is 3.09. The van der Waals surface area contributed by atoms with Gasteiger partial charge in [-0.1, -0.05) is 44.5 Å². The molecule has 0 amide bonds. The van der Waals surface area contributed by atoms with Crippen LogP contribution in [0, 0.1) is 5.92 Å². The number of hydrogen-bond donors (Lipinski definition) is 1. The molecular weight excluding hydrogens is 404 g/mol. The lowest BCUT2D eigenvalue weighted by Gasteiger charge is -2.10. The fourth-order valence-corrected chi connectivity index (χ4v) is 3.59. The van der Waals surface area contributed by atoms with Crippen molar-refractivity contribution in [2.24, 2.45) is 5.92 Å². The van der Waals surface area contributed by atoms with Crippen LogP contribution in [0.1, 0.15) is 36.2 Å². The zero-order chi connectivity index (χ0) is 22.7. The van der Waals surface area contributed by atoms with E-state index < -0.39 is 5.97 Å². The van der Waals surface area contributed by atoms with Crippen LogP contribution in [-0.2, 0) is 17.7 Å². The molecule has 0 unspecified atom stereocenters. The van der Waals surface area contributed by atoms with Crippen LogP contribution in [0.25, 0.3) is 22.2 Å². The number of aryl methyl sites for hydroxylation is 2. The Kier molecular flexibility index (Phi) is 6.25. The molecule has 7 heteroatoms. The third-order valence-corrected chi connectivity index (χ3v) is 5.77. The summed E-state index contributed by atoms with van der Waals surface area (Å²) in [6.45, 7) is 5.01. The smallest absolute Gasteiger partial charge is 0.344 e. The number of methoxy groups -OCH3 is 1. The highest BCUT2D eigenvalue weighted by Gasteiger charge is 2.25. The van der Waals surface area contributed by atoms with E-state index in [9.17, 15) is 4.79 Å². The number of nitrogen functional groups attached to an aromatic ring is 1. The molecule has 0 aliphatic rings. The quantitative estimate of drug-likeness (QED) is 0.409. The van der Waals surface area contributed by atoms with E-state index in [1.165, 1.54) is 0 Å². The molecule has 0 fully saturated rings. The van der Waals surface area contributed by atoms with Gasteiger partial charge in [0.15, 0.2) is 5.65 Å². The normalized spacial score (nSPS) is 12.2. The number of ether oxygens (including phenoxy) is 2. The predicted octanol–water partition coefficient (Wildman–Crippen LogP) is 4.62. The number of hydrogen-bond acceptors (Lipinski definition) is 6. The number of fused-ring (bicyclic) bond motifs is 2. The van der Waals surface area contributed by atoms with Crippen molar-refractivity contribution in [3.63, 3.8) is 0 Å². The number of carbonyl (C=O) groups is 1. The molecule has 0 saturated carbocycles. The monoisotopic (exact) mass is 432 g/mol. The summed E-state index contributed by atoms with van der Waals surface area (Å²) in [5.74, 6) is 0.956. The Morgan fingerprint density at radius 3 is 2.44 bits per heavy atom. The van der Waals surface area contributed by atoms with Gasteiger partial charge in [-0.2, -0.15) is 0 Å². The highest BCUT2D eigenvalue weighted by Crippen LogP contribution is 2.29. The number of aromatic nitrogens is 3. The lowest BCUT2D eigenvalue weighted by molar-refractivity contribution is 0.0450. The first-order valence-electron chi connectivity index (χ1n) is 10.9. The molecule has 0 radical (unpaired) electrons. The molecule has 1 atom stereocenters. The third-order valence-electron chi connectivity index (χ3n) is 5.77. The summed E-state index contributed by atoms with van der Waals surface area (Å²) in [6, 6.07) is 15.5. The lowest BCUT2D eigenvalue weighted by Crippen LogP contribution is -2.14. The molecule has 32 heavy (non-hydrogen) atoms. The van der Waals surface area contributed by atoms with Gasteiger partial charge in [-0.05, 0) is 42.2 Å². The summed E-state index contributed by atoms with van der Waals surface area (Å²) < 4.78 is 12.7. The van der Waals surface area contributed by atoms with Crippen molar-refractivity contribution in [1.29, 1.82) is 0 Å². The Balaban J connectivity index is 1.74. The summed E-state index contributed by atoms with van der Waals surface area (Å²) in [6.07, 6.45) is 1.64. The number of nitrogens with zero attached hydrogens (tertiary/aromatic N) is 3. The SMILES string of the molecule is CC[C@@H](C)COC(=O)c1c(N)n(CCc2ccc(OC)cc2)c2nc3ccccc3nc12. The van der Waals surface area contributed by atoms with E-state index in [0.717, 1.165) is 23.3 Å². The zero-order valence-corrected chi connectivity index (χ0v) is 18.7. The van der Waals surface area contributed by atoms with Crippen LogP contribution < -0.4 is 10.5 Å². The van der Waals surface area contributed by atoms with E-state index in [0.29, 0.717) is 42.1 Å². The van der Waals surface area contributed by atoms with E-state index in [1.807, 2.05) is 60.0 Å². The van der Waals surface area contributed by atoms with Gasteiger partial charge in [0.05, 0.1) is 24.8 Å². The summed E-state index contributed by atoms with van der Waals surface area (Å²) >= 11 is 0. The van der Waals surface area contributed by atoms with E-state index in [2.05, 4.69) is 6.92 Å². The van der Waals surface area contributed by atoms with E-state index in [4.69, 9.17) is 25.2 Å². The van der Waals surface area contributed by atoms with Crippen LogP contribution >= 0.6 is 0 Å². The zero-order valence-electron chi connectivity index (χ0n) is 18.7. The van der Waals surface area contributed by atoms with Crippen LogP contribution in [0.2, 0.25) is 0 Å². The van der Waals surface area contributed by atoms with Crippen LogP contribution in [-0.4, -0.2) is 34.2 Å². The maximum absolute atomic E-state index is 13.0. The molecule has 0 bridgehead atoms. The van der Waals surface area contributed by atoms with Crippen molar-refractivity contribution in [1.82, 2.24) is 14.5 Å². The summed E-state index contributed by atoms with van der Waals surface area (Å²) in [5, 5.41) is 0. The van der Waals surface area contributed by atoms with Crippen molar-refractivity contribution >= 4 is 34.0 Å². The average molecular weight is 433 g/mol. The first-order chi connectivity index (χ1) is 15.5. The van der Waals surface area contributed by atoms with Gasteiger partial charge in [0.2, 0.25) is 0 Å². The van der Waals surface area contributed by atoms with Gasteiger partial charge in [-0.15, -0.1) is 0 Å². The minimum absolute atomic E-state index is 0.274. The number of anilines is 1. The number of rotatable bonds is 8. The molecule has 0 spiro atoms. The molecule has 4 aromatic rings. The number of benzene rings is 2. The van der Waals surface area contributed by atoms with Gasteiger partial charge in [0, 0.05) is 6.54 Å². The van der Waals surface area contributed by atoms with Gasteiger partial charge in [0.1, 0.15) is 22.6 Å². The highest BCUT2D eigenvalue weighted by atomic mass is 16.5. The first kappa shape index (κ1) is 21.6. The van der Waals surface area contributed by atoms with Crippen molar-refractivity contribution in [2.75, 3.05) is 19.5 Å². The molecule has 4 rings (SSSR count). The molecule has 2 aromatic carbocycles. The predicted molar refractivity (Wildman–Crippen MR) is 126 cm³/mol. The Morgan fingerprint density at radius 1 is 1.09 bits per heavy atom. The Hall–Kier alpha value is -3.61. The number of para-hydroxylation sites is 2. The Bertz CT molecular complexity index is 1250. The molecule has 2 heterocycles. The van der Waals surface area contributed by atoms with Crippen LogP contribution in [0.3, 0.4) is 0 Å². The van der Waals surface area contributed by atoms with Crippen molar-refractivity contribution < 1.29 is 14.3 Å². The highest BCUT2D eigenvalue weighted by molar-refractivity contribution is 6.08. The second-order valence-electron chi connectivity index (χ2n) is 8.01. The van der Waals surface area contributed by atoms with Crippen LogP contribution in [0.5, 0.6) is 5.75 Å². The Labute approximate surface area is 187 Å². The minimum Gasteiger partial charge on any atom is -0.497 e. The van der Waals surface area contributed by atoms with E-state index >= 15 is 0 Å². The largest absolute Gasteiger partial charge is 0.497 e. The number of esters is 1. The minimum atomic E-state index is -0.458. The molecule has 2 N–H and O–H groups in total. The van der Waals surface area contributed by atoms with Crippen molar-refractivity contribution in [3.8, 4) is 5.75 Å². The standard InChI is InChI=1S/C25H28N4O3/c1-4-16(2)15-32-25(30)21-22-24(28-20-8-6-5-7-19(20)27-22)29(23(21)26)14-13-17-9-11-18(31-3)12-10-17/h5-12,16H,4,13-15,26H2,1-3H3/t16-/m1/s1. The molecule has 166 valence electrons. The van der Waals surface area contributed by atoms with Gasteiger partial charge >= 0.3 is 5.97 Å². The number of nitrogens with two attached hydrogens (primary N) is 1. The fraction of sp³-hybridized carbons (Fsp3) is 0.320. The first-order valence-corrected chi connectivity index (χ1v) is 10.9. The maximum atomic E-state index is 13.0. The molecule has 0 saturated heterocycles. The molecule has 2 aromatic heterocycles. The topological polar surface area (TPSA) is 92.3 Å². The van der Waals surface area contributed by atoms with Gasteiger partial charge in [-0.3, -0.25) is 0 Å².